The molecule has 4 aromatic rings. The topological polar surface area (TPSA) is 61.8 Å². The Balaban J connectivity index is 1.42. The van der Waals surface area contributed by atoms with Crippen LogP contribution < -0.4 is 10.2 Å². The Morgan fingerprint density at radius 2 is 1.58 bits per heavy atom. The van der Waals surface area contributed by atoms with E-state index in [4.69, 9.17) is 4.99 Å². The largest absolute Gasteiger partial charge is 0.322 e. The van der Waals surface area contributed by atoms with E-state index in [2.05, 4.69) is 5.32 Å². The normalized spacial score (nSPS) is 15.6. The lowest BCUT2D eigenvalue weighted by Crippen LogP contribution is -2.29. The second-order valence-corrected chi connectivity index (χ2v) is 10.1. The molecule has 6 rings (SSSR count). The first-order chi connectivity index (χ1) is 17.7. The van der Waals surface area contributed by atoms with Crippen molar-refractivity contribution in [2.24, 2.45) is 4.99 Å². The van der Waals surface area contributed by atoms with Crippen LogP contribution >= 0.6 is 11.3 Å². The summed E-state index contributed by atoms with van der Waals surface area (Å²) in [5, 5.41) is 3.66. The lowest BCUT2D eigenvalue weighted by Gasteiger charge is -2.16. The Labute approximate surface area is 214 Å². The molecule has 0 radical (unpaired) electrons. The minimum atomic E-state index is -0.167. The fraction of sp³-hybridized carbons (Fsp3) is 0.167. The van der Waals surface area contributed by atoms with E-state index in [1.165, 1.54) is 4.88 Å². The third-order valence-corrected chi connectivity index (χ3v) is 7.89. The Bertz CT molecular complexity index is 1470. The number of rotatable bonds is 5. The third-order valence-electron chi connectivity index (χ3n) is 6.71. The van der Waals surface area contributed by atoms with E-state index >= 15 is 0 Å². The van der Waals surface area contributed by atoms with Crippen molar-refractivity contribution in [3.8, 4) is 0 Å². The van der Waals surface area contributed by atoms with Gasteiger partial charge in [-0.3, -0.25) is 9.59 Å². The van der Waals surface area contributed by atoms with Gasteiger partial charge in [-0.25, -0.2) is 4.99 Å². The lowest BCUT2D eigenvalue weighted by molar-refractivity contribution is -0.112. The highest BCUT2D eigenvalue weighted by Crippen LogP contribution is 2.42. The summed E-state index contributed by atoms with van der Waals surface area (Å²) >= 11 is 1.55. The second-order valence-electron chi connectivity index (χ2n) is 9.07. The van der Waals surface area contributed by atoms with Crippen LogP contribution in [0.2, 0.25) is 0 Å². The Hall–Kier alpha value is -4.03. The van der Waals surface area contributed by atoms with Crippen molar-refractivity contribution < 1.29 is 9.59 Å². The zero-order valence-electron chi connectivity index (χ0n) is 19.7. The van der Waals surface area contributed by atoms with E-state index in [0.29, 0.717) is 22.8 Å². The molecule has 0 bridgehead atoms. The number of carbonyl (C=O) groups is 2. The van der Waals surface area contributed by atoms with Gasteiger partial charge in [0, 0.05) is 16.1 Å². The molecule has 0 atom stereocenters. The van der Waals surface area contributed by atoms with Crippen LogP contribution in [-0.2, 0) is 24.2 Å². The molecule has 0 fully saturated rings. The van der Waals surface area contributed by atoms with Crippen LogP contribution in [0.3, 0.4) is 0 Å². The zero-order valence-corrected chi connectivity index (χ0v) is 20.6. The highest BCUT2D eigenvalue weighted by atomic mass is 32.1. The smallest absolute Gasteiger partial charge is 0.277 e. The summed E-state index contributed by atoms with van der Waals surface area (Å²) in [5.41, 5.74) is 5.54. The number of para-hydroxylation sites is 2. The first kappa shape index (κ1) is 22.4. The molecule has 0 unspecified atom stereocenters. The molecule has 3 aromatic carbocycles. The van der Waals surface area contributed by atoms with E-state index in [9.17, 15) is 9.59 Å². The summed E-state index contributed by atoms with van der Waals surface area (Å²) in [6.07, 6.45) is 3.97. The Morgan fingerprint density at radius 3 is 2.39 bits per heavy atom. The van der Waals surface area contributed by atoms with Crippen molar-refractivity contribution in [1.29, 1.82) is 0 Å². The van der Waals surface area contributed by atoms with E-state index in [1.54, 1.807) is 16.2 Å². The summed E-state index contributed by atoms with van der Waals surface area (Å²) in [7, 11) is 0. The molecule has 0 saturated heterocycles. The monoisotopic (exact) mass is 491 g/mol. The fourth-order valence-corrected chi connectivity index (χ4v) is 6.24. The third kappa shape index (κ3) is 4.14. The first-order valence-electron chi connectivity index (χ1n) is 12.2. The first-order valence-corrected chi connectivity index (χ1v) is 13.1. The number of amides is 2. The molecule has 6 heteroatoms. The number of hydrogen-bond acceptors (Lipinski definition) is 4. The molecule has 5 nitrogen and oxygen atoms in total. The molecule has 1 aliphatic carbocycles. The fourth-order valence-electron chi connectivity index (χ4n) is 4.97. The number of hydrogen-bond donors (Lipinski definition) is 1. The summed E-state index contributed by atoms with van der Waals surface area (Å²) in [6.45, 7) is 0.470. The Kier molecular flexibility index (Phi) is 5.95. The van der Waals surface area contributed by atoms with Gasteiger partial charge in [-0.2, -0.15) is 0 Å². The van der Waals surface area contributed by atoms with Gasteiger partial charge in [0.15, 0.2) is 0 Å². The number of benzene rings is 3. The second kappa shape index (κ2) is 9.55. The molecule has 0 saturated carbocycles. The summed E-state index contributed by atoms with van der Waals surface area (Å²) in [4.78, 5) is 35.1. The molecule has 0 spiro atoms. The number of fused-ring (bicyclic) bond motifs is 2. The summed E-state index contributed by atoms with van der Waals surface area (Å²) in [5.74, 6) is -0.305. The minimum absolute atomic E-state index is 0.138. The van der Waals surface area contributed by atoms with Crippen molar-refractivity contribution in [3.63, 3.8) is 0 Å². The van der Waals surface area contributed by atoms with Crippen molar-refractivity contribution in [1.82, 2.24) is 0 Å². The highest BCUT2D eigenvalue weighted by molar-refractivity contribution is 7.16. The predicted molar refractivity (Wildman–Crippen MR) is 146 cm³/mol. The van der Waals surface area contributed by atoms with E-state index in [-0.39, 0.29) is 11.8 Å². The maximum atomic E-state index is 13.7. The molecule has 1 aliphatic heterocycles. The van der Waals surface area contributed by atoms with Crippen LogP contribution in [0.4, 0.5) is 16.4 Å². The highest BCUT2D eigenvalue weighted by Gasteiger charge is 2.35. The van der Waals surface area contributed by atoms with Crippen molar-refractivity contribution in [3.05, 3.63) is 112 Å². The zero-order chi connectivity index (χ0) is 24.5. The number of aliphatic imine (C=N–C) groups is 1. The van der Waals surface area contributed by atoms with Crippen molar-refractivity contribution in [2.75, 3.05) is 10.2 Å². The molecular formula is C30H25N3O2S. The average molecular weight is 492 g/mol. The SMILES string of the molecule is O=C(Nc1ccccc1)c1c(N=C2C(=O)N(Cc3ccccc3)c3ccccc32)sc2c1CCCC2. The van der Waals surface area contributed by atoms with Gasteiger partial charge in [0.25, 0.3) is 11.8 Å². The van der Waals surface area contributed by atoms with Gasteiger partial charge in [0.1, 0.15) is 10.7 Å². The van der Waals surface area contributed by atoms with Crippen LogP contribution in [0, 0.1) is 0 Å². The predicted octanol–water partition coefficient (Wildman–Crippen LogP) is 6.55. The molecule has 1 aromatic heterocycles. The van der Waals surface area contributed by atoms with Gasteiger partial charge in [-0.1, -0.05) is 66.7 Å². The standard InChI is InChI=1S/C30H25N3O2S/c34-28(31-21-13-5-2-6-14-21)26-23-16-8-10-18-25(23)36-29(26)32-27-22-15-7-9-17-24(22)33(30(27)35)19-20-11-3-1-4-12-20/h1-7,9,11-15,17H,8,10,16,18-19H2,(H,31,34). The lowest BCUT2D eigenvalue weighted by atomic mass is 9.95. The van der Waals surface area contributed by atoms with Crippen molar-refractivity contribution in [2.45, 2.75) is 32.2 Å². The van der Waals surface area contributed by atoms with Gasteiger partial charge in [0.05, 0.1) is 17.8 Å². The van der Waals surface area contributed by atoms with Crippen LogP contribution in [-0.4, -0.2) is 17.5 Å². The number of nitrogens with zero attached hydrogens (tertiary/aromatic N) is 2. The summed E-state index contributed by atoms with van der Waals surface area (Å²) in [6, 6.07) is 27.2. The molecule has 178 valence electrons. The van der Waals surface area contributed by atoms with Gasteiger partial charge in [-0.05, 0) is 55.0 Å². The van der Waals surface area contributed by atoms with Crippen LogP contribution in [0.15, 0.2) is 89.9 Å². The van der Waals surface area contributed by atoms with E-state index < -0.39 is 0 Å². The average Bonchev–Trinajstić information content (AvgIpc) is 3.41. The van der Waals surface area contributed by atoms with Crippen molar-refractivity contribution >= 4 is 45.2 Å². The number of aryl methyl sites for hydroxylation is 1. The van der Waals surface area contributed by atoms with Crippen LogP contribution in [0.1, 0.15) is 44.8 Å². The maximum absolute atomic E-state index is 13.7. The van der Waals surface area contributed by atoms with Gasteiger partial charge in [-0.15, -0.1) is 11.3 Å². The molecule has 2 aliphatic rings. The van der Waals surface area contributed by atoms with Gasteiger partial charge in [0.2, 0.25) is 0 Å². The summed E-state index contributed by atoms with van der Waals surface area (Å²) < 4.78 is 0. The quantitative estimate of drug-likeness (QED) is 0.344. The van der Waals surface area contributed by atoms with Crippen LogP contribution in [0.5, 0.6) is 0 Å². The molecule has 36 heavy (non-hydrogen) atoms. The minimum Gasteiger partial charge on any atom is -0.322 e. The number of anilines is 2. The Morgan fingerprint density at radius 1 is 0.889 bits per heavy atom. The number of thiophene rings is 1. The molecule has 1 N–H and O–H groups in total. The van der Waals surface area contributed by atoms with Gasteiger partial charge >= 0.3 is 0 Å². The van der Waals surface area contributed by atoms with Crippen LogP contribution in [0.25, 0.3) is 0 Å². The molecule has 2 heterocycles. The molecular weight excluding hydrogens is 466 g/mol. The maximum Gasteiger partial charge on any atom is 0.277 e. The molecule has 2 amide bonds. The van der Waals surface area contributed by atoms with E-state index in [0.717, 1.165) is 53.7 Å². The van der Waals surface area contributed by atoms with Gasteiger partial charge < -0.3 is 10.2 Å². The number of carbonyl (C=O) groups excluding carboxylic acids is 2. The number of nitrogens with one attached hydrogen (secondary N) is 1. The van der Waals surface area contributed by atoms with E-state index in [1.807, 2.05) is 84.9 Å².